The molecular formula is C5H5NO2Se. The Morgan fingerprint density at radius 3 is 3.11 bits per heavy atom. The first kappa shape index (κ1) is 6.52. The zero-order valence-electron chi connectivity index (χ0n) is 4.83. The summed E-state index contributed by atoms with van der Waals surface area (Å²) in [6, 6.07) is 0. The molecule has 1 aromatic rings. The number of esters is 1. The Morgan fingerprint density at radius 1 is 1.89 bits per heavy atom. The third-order valence-electron chi connectivity index (χ3n) is 0.827. The van der Waals surface area contributed by atoms with Gasteiger partial charge in [-0.05, 0) is 0 Å². The van der Waals surface area contributed by atoms with E-state index in [9.17, 15) is 4.79 Å². The van der Waals surface area contributed by atoms with Crippen LogP contribution in [0.15, 0.2) is 10.0 Å². The fourth-order valence-electron chi connectivity index (χ4n) is 0.418. The number of aromatic nitrogens is 1. The summed E-state index contributed by atoms with van der Waals surface area (Å²) in [5.41, 5.74) is 0.442. The molecule has 0 aromatic carbocycles. The van der Waals surface area contributed by atoms with Crippen molar-refractivity contribution in [3.8, 4) is 0 Å². The van der Waals surface area contributed by atoms with Crippen molar-refractivity contribution in [2.75, 3.05) is 7.11 Å². The fraction of sp³-hybridized carbons (Fsp3) is 0.200. The molecule has 0 bridgehead atoms. The normalized spacial score (nSPS) is 9.00. The van der Waals surface area contributed by atoms with Crippen LogP contribution in [0, 0.1) is 0 Å². The van der Waals surface area contributed by atoms with Crippen LogP contribution in [0.1, 0.15) is 10.5 Å². The van der Waals surface area contributed by atoms with E-state index in [-0.39, 0.29) is 20.5 Å². The van der Waals surface area contributed by atoms with Gasteiger partial charge in [0.1, 0.15) is 0 Å². The summed E-state index contributed by atoms with van der Waals surface area (Å²) in [6.45, 7) is 0. The number of hydrogen-bond acceptors (Lipinski definition) is 3. The number of nitrogens with zero attached hydrogens (tertiary/aromatic N) is 1. The number of hydrogen-bond donors (Lipinski definition) is 0. The Balaban J connectivity index is 2.77. The van der Waals surface area contributed by atoms with Gasteiger partial charge in [0.05, 0.1) is 0 Å². The van der Waals surface area contributed by atoms with Crippen LogP contribution in [0.4, 0.5) is 0 Å². The maximum atomic E-state index is 10.6. The fourth-order valence-corrected chi connectivity index (χ4v) is 1.51. The Labute approximate surface area is 58.4 Å². The van der Waals surface area contributed by atoms with Gasteiger partial charge in [0.25, 0.3) is 0 Å². The molecule has 0 aliphatic heterocycles. The van der Waals surface area contributed by atoms with Crippen LogP contribution in [0.3, 0.4) is 0 Å². The van der Waals surface area contributed by atoms with E-state index in [0.29, 0.717) is 5.69 Å². The van der Waals surface area contributed by atoms with Gasteiger partial charge in [0.2, 0.25) is 0 Å². The van der Waals surface area contributed by atoms with Crippen molar-refractivity contribution in [3.63, 3.8) is 0 Å². The first-order valence-electron chi connectivity index (χ1n) is 2.31. The summed E-state index contributed by atoms with van der Waals surface area (Å²) < 4.78 is 4.42. The Bertz CT molecular complexity index is 195. The first-order chi connectivity index (χ1) is 4.34. The zero-order chi connectivity index (χ0) is 6.69. The molecule has 0 spiro atoms. The summed E-state index contributed by atoms with van der Waals surface area (Å²) >= 11 is 0.267. The second-order valence-corrected chi connectivity index (χ2v) is 2.87. The predicted molar refractivity (Wildman–Crippen MR) is 32.5 cm³/mol. The Morgan fingerprint density at radius 2 is 2.67 bits per heavy atom. The summed E-state index contributed by atoms with van der Waals surface area (Å²) in [4.78, 5) is 16.2. The van der Waals surface area contributed by atoms with Crippen LogP contribution in [-0.4, -0.2) is 32.6 Å². The second kappa shape index (κ2) is 2.80. The molecule has 3 nitrogen and oxygen atoms in total. The van der Waals surface area contributed by atoms with Crippen molar-refractivity contribution < 1.29 is 9.53 Å². The molecular weight excluding hydrogens is 185 g/mol. The van der Waals surface area contributed by atoms with Crippen LogP contribution in [0.5, 0.6) is 0 Å². The minimum atomic E-state index is -0.342. The Kier molecular flexibility index (Phi) is 2.03. The van der Waals surface area contributed by atoms with E-state index in [1.165, 1.54) is 7.11 Å². The SMILES string of the molecule is COC(=O)c1c[se]cn1. The van der Waals surface area contributed by atoms with Crippen molar-refractivity contribution in [3.05, 3.63) is 15.7 Å². The quantitative estimate of drug-likeness (QED) is 0.459. The van der Waals surface area contributed by atoms with Gasteiger partial charge in [-0.2, -0.15) is 0 Å². The van der Waals surface area contributed by atoms with E-state index < -0.39 is 0 Å². The molecule has 0 saturated heterocycles. The molecule has 1 heterocycles. The predicted octanol–water partition coefficient (Wildman–Crippen LogP) is -0.0748. The third kappa shape index (κ3) is 1.40. The Hall–Kier alpha value is -0.601. The molecule has 0 atom stereocenters. The standard InChI is InChI=1S/C5H5NO2Se/c1-8-5(7)4-2-9-3-6-4/h2-3H,1H3. The molecule has 9 heavy (non-hydrogen) atoms. The van der Waals surface area contributed by atoms with Gasteiger partial charge in [-0.15, -0.1) is 0 Å². The molecule has 1 rings (SSSR count). The first-order valence-corrected chi connectivity index (χ1v) is 4.29. The molecule has 0 N–H and O–H groups in total. The van der Waals surface area contributed by atoms with Gasteiger partial charge in [-0.1, -0.05) is 0 Å². The number of rotatable bonds is 1. The molecule has 0 radical (unpaired) electrons. The molecule has 48 valence electrons. The van der Waals surface area contributed by atoms with Gasteiger partial charge < -0.3 is 0 Å². The van der Waals surface area contributed by atoms with Crippen LogP contribution in [0.2, 0.25) is 0 Å². The van der Waals surface area contributed by atoms with E-state index in [2.05, 4.69) is 9.72 Å². The van der Waals surface area contributed by atoms with Crippen LogP contribution >= 0.6 is 0 Å². The summed E-state index contributed by atoms with van der Waals surface area (Å²) in [7, 11) is 1.35. The molecule has 0 aliphatic carbocycles. The van der Waals surface area contributed by atoms with Crippen molar-refractivity contribution in [1.82, 2.24) is 4.98 Å². The van der Waals surface area contributed by atoms with E-state index in [4.69, 9.17) is 0 Å². The molecule has 0 aliphatic rings. The van der Waals surface area contributed by atoms with E-state index in [1.807, 2.05) is 0 Å². The number of methoxy groups -OCH3 is 1. The van der Waals surface area contributed by atoms with Crippen LogP contribution in [0.25, 0.3) is 0 Å². The van der Waals surface area contributed by atoms with Crippen molar-refractivity contribution in [2.24, 2.45) is 0 Å². The minimum absolute atomic E-state index is 0.267. The topological polar surface area (TPSA) is 39.2 Å². The third-order valence-corrected chi connectivity index (χ3v) is 2.06. The molecule has 0 unspecified atom stereocenters. The monoisotopic (exact) mass is 191 g/mol. The molecule has 0 saturated carbocycles. The molecule has 1 aromatic heterocycles. The van der Waals surface area contributed by atoms with Gasteiger partial charge in [-0.3, -0.25) is 0 Å². The average Bonchev–Trinajstić information content (AvgIpc) is 2.37. The molecule has 0 amide bonds. The van der Waals surface area contributed by atoms with Crippen LogP contribution < -0.4 is 0 Å². The molecule has 0 fully saturated rings. The zero-order valence-corrected chi connectivity index (χ0v) is 6.54. The van der Waals surface area contributed by atoms with Crippen LogP contribution in [-0.2, 0) is 4.74 Å². The second-order valence-electron chi connectivity index (χ2n) is 1.37. The van der Waals surface area contributed by atoms with E-state index in [0.717, 1.165) is 0 Å². The van der Waals surface area contributed by atoms with Crippen molar-refractivity contribution in [2.45, 2.75) is 0 Å². The van der Waals surface area contributed by atoms with Crippen molar-refractivity contribution >= 4 is 20.5 Å². The van der Waals surface area contributed by atoms with Gasteiger partial charge in [0.15, 0.2) is 0 Å². The number of carbonyl (C=O) groups is 1. The van der Waals surface area contributed by atoms with Gasteiger partial charge in [0, 0.05) is 0 Å². The van der Waals surface area contributed by atoms with E-state index in [1.54, 1.807) is 10.0 Å². The molecule has 4 heteroatoms. The van der Waals surface area contributed by atoms with Gasteiger partial charge in [-0.25, -0.2) is 0 Å². The summed E-state index contributed by atoms with van der Waals surface area (Å²) in [5, 5.41) is 1.74. The average molecular weight is 190 g/mol. The van der Waals surface area contributed by atoms with Gasteiger partial charge >= 0.3 is 57.8 Å². The maximum absolute atomic E-state index is 10.6. The van der Waals surface area contributed by atoms with E-state index >= 15 is 0 Å². The summed E-state index contributed by atoms with van der Waals surface area (Å²) in [5.74, 6) is -0.342. The van der Waals surface area contributed by atoms with Crippen molar-refractivity contribution in [1.29, 1.82) is 0 Å². The number of carbonyl (C=O) groups excluding carboxylic acids is 1. The number of ether oxygens (including phenoxy) is 1. The summed E-state index contributed by atoms with van der Waals surface area (Å²) in [6.07, 6.45) is 0.